The number of nitrogens with zero attached hydrogens (tertiary/aromatic N) is 5. The van der Waals surface area contributed by atoms with Crippen LogP contribution in [0.1, 0.15) is 5.76 Å². The summed E-state index contributed by atoms with van der Waals surface area (Å²) in [6.45, 7) is 1.70. The van der Waals surface area contributed by atoms with Crippen molar-refractivity contribution in [2.45, 2.75) is 6.54 Å². The number of guanidine groups is 1. The summed E-state index contributed by atoms with van der Waals surface area (Å²) in [4.78, 5) is 32.2. The Bertz CT molecular complexity index is 812. The first-order valence-electron chi connectivity index (χ1n) is 8.60. The van der Waals surface area contributed by atoms with Gasteiger partial charge in [0.05, 0.1) is 31.2 Å². The van der Waals surface area contributed by atoms with Crippen molar-refractivity contribution in [2.75, 3.05) is 38.1 Å². The van der Waals surface area contributed by atoms with E-state index in [0.717, 1.165) is 5.69 Å². The Morgan fingerprint density at radius 1 is 1.37 bits per heavy atom. The van der Waals surface area contributed by atoms with Crippen molar-refractivity contribution in [3.63, 3.8) is 0 Å². The van der Waals surface area contributed by atoms with E-state index in [-0.39, 0.29) is 24.9 Å². The number of furan rings is 1. The molecule has 0 atom stereocenters. The van der Waals surface area contributed by atoms with Crippen molar-refractivity contribution in [1.82, 2.24) is 25.3 Å². The van der Waals surface area contributed by atoms with Gasteiger partial charge in [0.25, 0.3) is 0 Å². The number of aliphatic imine (C=N–C) groups is 1. The van der Waals surface area contributed by atoms with Gasteiger partial charge in [-0.05, 0) is 12.1 Å². The van der Waals surface area contributed by atoms with Crippen LogP contribution in [0.4, 0.5) is 5.69 Å². The number of hydrogen-bond donors (Lipinski definition) is 2. The average molecular weight is 373 g/mol. The highest BCUT2D eigenvalue weighted by molar-refractivity contribution is 5.98. The number of piperazine rings is 1. The van der Waals surface area contributed by atoms with Crippen LogP contribution in [0.3, 0.4) is 0 Å². The van der Waals surface area contributed by atoms with Crippen molar-refractivity contribution in [1.29, 1.82) is 0 Å². The molecule has 2 N–H and O–H groups in total. The van der Waals surface area contributed by atoms with Crippen LogP contribution in [0.5, 0.6) is 0 Å². The van der Waals surface area contributed by atoms with Crippen molar-refractivity contribution < 1.29 is 14.0 Å². The van der Waals surface area contributed by atoms with E-state index in [1.807, 2.05) is 18.1 Å². The molecule has 3 rings (SSSR count). The van der Waals surface area contributed by atoms with Crippen LogP contribution in [-0.4, -0.2) is 65.7 Å². The highest BCUT2D eigenvalue weighted by Gasteiger charge is 2.27. The minimum absolute atomic E-state index is 0.0422. The number of carbonyl (C=O) groups is 2. The Morgan fingerprint density at radius 2 is 2.22 bits per heavy atom. The Morgan fingerprint density at radius 3 is 2.85 bits per heavy atom. The average Bonchev–Trinajstić information content (AvgIpc) is 3.32. The normalized spacial score (nSPS) is 15.2. The molecular weight excluding hydrogens is 350 g/mol. The molecule has 0 aromatic carbocycles. The number of rotatable bonds is 5. The van der Waals surface area contributed by atoms with Crippen molar-refractivity contribution in [3.8, 4) is 0 Å². The number of aromatic nitrogens is 2. The second-order valence-corrected chi connectivity index (χ2v) is 6.10. The molecule has 27 heavy (non-hydrogen) atoms. The van der Waals surface area contributed by atoms with Crippen LogP contribution in [-0.2, 0) is 23.2 Å². The fraction of sp³-hybridized carbons (Fsp3) is 0.412. The highest BCUT2D eigenvalue weighted by Crippen LogP contribution is 2.15. The molecule has 0 aliphatic carbocycles. The van der Waals surface area contributed by atoms with Crippen molar-refractivity contribution >= 4 is 23.5 Å². The molecule has 1 aliphatic heterocycles. The molecule has 0 saturated carbocycles. The zero-order chi connectivity index (χ0) is 19.2. The Balaban J connectivity index is 1.48. The van der Waals surface area contributed by atoms with Gasteiger partial charge in [-0.1, -0.05) is 0 Å². The number of anilines is 1. The summed E-state index contributed by atoms with van der Waals surface area (Å²) in [6.07, 6.45) is 5.04. The smallest absolute Gasteiger partial charge is 0.246 e. The van der Waals surface area contributed by atoms with Gasteiger partial charge in [0.2, 0.25) is 11.8 Å². The molecule has 1 saturated heterocycles. The van der Waals surface area contributed by atoms with E-state index in [1.54, 1.807) is 41.2 Å². The fourth-order valence-electron chi connectivity index (χ4n) is 2.83. The first-order valence-corrected chi connectivity index (χ1v) is 8.60. The third kappa shape index (κ3) is 4.66. The molecule has 10 nitrogen and oxygen atoms in total. The van der Waals surface area contributed by atoms with Crippen LogP contribution in [0.25, 0.3) is 0 Å². The van der Waals surface area contributed by atoms with E-state index in [1.165, 1.54) is 0 Å². The van der Waals surface area contributed by atoms with Crippen LogP contribution >= 0.6 is 0 Å². The summed E-state index contributed by atoms with van der Waals surface area (Å²) in [5.74, 6) is 0.972. The largest absolute Gasteiger partial charge is 0.467 e. The van der Waals surface area contributed by atoms with E-state index in [2.05, 4.69) is 20.7 Å². The lowest BCUT2D eigenvalue weighted by Gasteiger charge is -2.35. The third-order valence-corrected chi connectivity index (χ3v) is 4.18. The number of nitrogens with one attached hydrogen (secondary N) is 2. The molecule has 10 heteroatoms. The summed E-state index contributed by atoms with van der Waals surface area (Å²) in [5, 5.41) is 9.85. The first-order chi connectivity index (χ1) is 13.1. The van der Waals surface area contributed by atoms with Crippen LogP contribution < -0.4 is 15.5 Å². The van der Waals surface area contributed by atoms with Gasteiger partial charge in [-0.2, -0.15) is 5.10 Å². The fourth-order valence-corrected chi connectivity index (χ4v) is 2.83. The van der Waals surface area contributed by atoms with Gasteiger partial charge < -0.3 is 24.9 Å². The quantitative estimate of drug-likeness (QED) is 0.543. The molecule has 1 fully saturated rings. The maximum Gasteiger partial charge on any atom is 0.246 e. The van der Waals surface area contributed by atoms with E-state index >= 15 is 0 Å². The predicted molar refractivity (Wildman–Crippen MR) is 99.1 cm³/mol. The van der Waals surface area contributed by atoms with Gasteiger partial charge in [-0.3, -0.25) is 19.3 Å². The van der Waals surface area contributed by atoms with E-state index in [4.69, 9.17) is 4.42 Å². The summed E-state index contributed by atoms with van der Waals surface area (Å²) < 4.78 is 6.83. The predicted octanol–water partition coefficient (Wildman–Crippen LogP) is -0.446. The Hall–Kier alpha value is -3.30. The molecule has 0 radical (unpaired) electrons. The lowest BCUT2D eigenvalue weighted by Crippen LogP contribution is -2.56. The molecule has 2 aromatic rings. The van der Waals surface area contributed by atoms with Gasteiger partial charge in [0.15, 0.2) is 5.96 Å². The zero-order valence-electron chi connectivity index (χ0n) is 15.4. The summed E-state index contributed by atoms with van der Waals surface area (Å²) in [7, 11) is 3.44. The molecule has 3 heterocycles. The number of carbonyl (C=O) groups excluding carboxylic acids is 2. The summed E-state index contributed by atoms with van der Waals surface area (Å²) in [5.41, 5.74) is 0.780. The molecule has 0 spiro atoms. The Kier molecular flexibility index (Phi) is 5.74. The van der Waals surface area contributed by atoms with Crippen LogP contribution in [0.15, 0.2) is 40.2 Å². The van der Waals surface area contributed by atoms with E-state index in [9.17, 15) is 9.59 Å². The van der Waals surface area contributed by atoms with Gasteiger partial charge in [0.1, 0.15) is 12.3 Å². The van der Waals surface area contributed by atoms with Gasteiger partial charge in [0, 0.05) is 33.4 Å². The SMILES string of the molecule is CN=C(NCC(=O)NCc1ccco1)N1CCN(c2cnn(C)c2)C(=O)C1. The lowest BCUT2D eigenvalue weighted by atomic mass is 10.3. The second-order valence-electron chi connectivity index (χ2n) is 6.10. The first kappa shape index (κ1) is 18.5. The van der Waals surface area contributed by atoms with Crippen LogP contribution in [0, 0.1) is 0 Å². The highest BCUT2D eigenvalue weighted by atomic mass is 16.3. The standard InChI is InChI=1S/C17H23N7O3/c1-18-17(20-10-15(25)19-9-14-4-3-7-27-14)23-5-6-24(16(26)12-23)13-8-21-22(2)11-13/h3-4,7-8,11H,5-6,9-10,12H2,1-2H3,(H,18,20)(H,19,25). The maximum atomic E-state index is 12.5. The summed E-state index contributed by atoms with van der Waals surface area (Å²) in [6, 6.07) is 3.56. The second kappa shape index (κ2) is 8.39. The van der Waals surface area contributed by atoms with E-state index in [0.29, 0.717) is 31.4 Å². The molecular formula is C17H23N7O3. The molecule has 0 bridgehead atoms. The van der Waals surface area contributed by atoms with Crippen molar-refractivity contribution in [3.05, 3.63) is 36.5 Å². The maximum absolute atomic E-state index is 12.5. The topological polar surface area (TPSA) is 108 Å². The molecule has 2 aromatic heterocycles. The number of hydrogen-bond acceptors (Lipinski definition) is 5. The zero-order valence-corrected chi connectivity index (χ0v) is 15.4. The monoisotopic (exact) mass is 373 g/mol. The minimum Gasteiger partial charge on any atom is -0.467 e. The Labute approximate surface area is 156 Å². The van der Waals surface area contributed by atoms with Gasteiger partial charge in [-0.15, -0.1) is 0 Å². The third-order valence-electron chi connectivity index (χ3n) is 4.18. The van der Waals surface area contributed by atoms with Gasteiger partial charge >= 0.3 is 0 Å². The minimum atomic E-state index is -0.187. The van der Waals surface area contributed by atoms with Crippen molar-refractivity contribution in [2.24, 2.45) is 12.0 Å². The molecule has 2 amide bonds. The molecule has 144 valence electrons. The van der Waals surface area contributed by atoms with Crippen LogP contribution in [0.2, 0.25) is 0 Å². The molecule has 1 aliphatic rings. The van der Waals surface area contributed by atoms with E-state index < -0.39 is 0 Å². The number of amides is 2. The lowest BCUT2D eigenvalue weighted by molar-refractivity contribution is -0.120. The van der Waals surface area contributed by atoms with Gasteiger partial charge in [-0.25, -0.2) is 0 Å². The summed E-state index contributed by atoms with van der Waals surface area (Å²) >= 11 is 0. The molecule has 0 unspecified atom stereocenters. The number of aryl methyl sites for hydroxylation is 1.